The van der Waals surface area contributed by atoms with Crippen LogP contribution in [0, 0.1) is 17.0 Å². The zero-order valence-corrected chi connectivity index (χ0v) is 13.2. The Bertz CT molecular complexity index is 563. The van der Waals surface area contributed by atoms with Gasteiger partial charge in [0.15, 0.2) is 12.4 Å². The molecule has 1 fully saturated rings. The number of benzene rings is 1. The van der Waals surface area contributed by atoms with E-state index in [1.807, 2.05) is 25.7 Å². The van der Waals surface area contributed by atoms with Gasteiger partial charge in [0.05, 0.1) is 4.92 Å². The molecule has 6 heteroatoms. The molecule has 0 aromatic heterocycles. The average molecular weight is 306 g/mol. The van der Waals surface area contributed by atoms with Crippen LogP contribution in [0.5, 0.6) is 5.75 Å². The first kappa shape index (κ1) is 16.3. The maximum Gasteiger partial charge on any atom is 0.310 e. The van der Waals surface area contributed by atoms with Gasteiger partial charge in [0.1, 0.15) is 0 Å². The number of aryl methyl sites for hydroxylation is 1. The normalized spacial score (nSPS) is 21.5. The fourth-order valence-corrected chi connectivity index (χ4v) is 3.01. The molecule has 1 aliphatic rings. The van der Waals surface area contributed by atoms with Crippen LogP contribution in [-0.2, 0) is 4.79 Å². The summed E-state index contributed by atoms with van der Waals surface area (Å²) < 4.78 is 5.46. The second-order valence-electron chi connectivity index (χ2n) is 5.95. The average Bonchev–Trinajstić information content (AvgIpc) is 2.44. The Morgan fingerprint density at radius 2 is 2.00 bits per heavy atom. The number of nitro groups is 1. The molecule has 0 N–H and O–H groups in total. The number of rotatable bonds is 4. The van der Waals surface area contributed by atoms with Crippen LogP contribution in [-0.4, -0.2) is 34.4 Å². The molecule has 0 unspecified atom stereocenters. The first-order valence-corrected chi connectivity index (χ1v) is 7.59. The minimum atomic E-state index is -0.495. The van der Waals surface area contributed by atoms with E-state index >= 15 is 0 Å². The summed E-state index contributed by atoms with van der Waals surface area (Å²) in [5.41, 5.74) is 0.742. The number of ether oxygens (including phenoxy) is 1. The molecule has 2 rings (SSSR count). The van der Waals surface area contributed by atoms with E-state index in [1.165, 1.54) is 6.07 Å². The number of nitro benzene ring substituents is 1. The summed E-state index contributed by atoms with van der Waals surface area (Å²) >= 11 is 0. The first-order chi connectivity index (χ1) is 10.4. The van der Waals surface area contributed by atoms with Crippen molar-refractivity contribution in [3.8, 4) is 5.75 Å². The molecule has 1 aromatic carbocycles. The zero-order valence-electron chi connectivity index (χ0n) is 13.2. The summed E-state index contributed by atoms with van der Waals surface area (Å²) in [6, 6.07) is 5.02. The lowest BCUT2D eigenvalue weighted by Crippen LogP contribution is -2.49. The standard InChI is InChI=1S/C16H22N2O4/c1-11-7-8-14(18(20)21)15(9-11)22-10-16(19)17-12(2)5-4-6-13(17)3/h7-9,12-13H,4-6,10H2,1-3H3/t12-,13+. The molecule has 2 atom stereocenters. The third-order valence-corrected chi connectivity index (χ3v) is 4.14. The van der Waals surface area contributed by atoms with Crippen molar-refractivity contribution in [2.75, 3.05) is 6.61 Å². The molecule has 22 heavy (non-hydrogen) atoms. The molecule has 1 aromatic rings. The predicted molar refractivity (Wildman–Crippen MR) is 82.9 cm³/mol. The van der Waals surface area contributed by atoms with Crippen LogP contribution in [0.15, 0.2) is 18.2 Å². The van der Waals surface area contributed by atoms with Crippen LogP contribution in [0.4, 0.5) is 5.69 Å². The van der Waals surface area contributed by atoms with E-state index in [9.17, 15) is 14.9 Å². The molecule has 1 aliphatic heterocycles. The summed E-state index contributed by atoms with van der Waals surface area (Å²) in [6.45, 7) is 5.72. The molecular formula is C16H22N2O4. The van der Waals surface area contributed by atoms with Crippen molar-refractivity contribution in [1.82, 2.24) is 4.90 Å². The lowest BCUT2D eigenvalue weighted by molar-refractivity contribution is -0.385. The lowest BCUT2D eigenvalue weighted by Gasteiger charge is -2.38. The molecule has 1 amide bonds. The van der Waals surface area contributed by atoms with Crippen LogP contribution in [0.2, 0.25) is 0 Å². The van der Waals surface area contributed by atoms with Gasteiger partial charge < -0.3 is 9.64 Å². The second-order valence-corrected chi connectivity index (χ2v) is 5.95. The molecule has 6 nitrogen and oxygen atoms in total. The Balaban J connectivity index is 2.08. The van der Waals surface area contributed by atoms with E-state index in [2.05, 4.69) is 0 Å². The highest BCUT2D eigenvalue weighted by Crippen LogP contribution is 2.28. The number of piperidine rings is 1. The van der Waals surface area contributed by atoms with Gasteiger partial charge in [0, 0.05) is 18.2 Å². The van der Waals surface area contributed by atoms with Gasteiger partial charge in [-0.25, -0.2) is 0 Å². The number of nitrogens with zero attached hydrogens (tertiary/aromatic N) is 2. The molecule has 0 radical (unpaired) electrons. The maximum absolute atomic E-state index is 12.4. The molecule has 0 aliphatic carbocycles. The van der Waals surface area contributed by atoms with E-state index in [0.717, 1.165) is 24.8 Å². The smallest absolute Gasteiger partial charge is 0.310 e. The highest BCUT2D eigenvalue weighted by Gasteiger charge is 2.29. The molecule has 120 valence electrons. The van der Waals surface area contributed by atoms with Crippen molar-refractivity contribution < 1.29 is 14.5 Å². The highest BCUT2D eigenvalue weighted by molar-refractivity contribution is 5.78. The predicted octanol–water partition coefficient (Wildman–Crippen LogP) is 3.07. The first-order valence-electron chi connectivity index (χ1n) is 7.59. The quantitative estimate of drug-likeness (QED) is 0.633. The van der Waals surface area contributed by atoms with Crippen LogP contribution in [0.1, 0.15) is 38.7 Å². The number of carbonyl (C=O) groups is 1. The van der Waals surface area contributed by atoms with Crippen LogP contribution < -0.4 is 4.74 Å². The largest absolute Gasteiger partial charge is 0.477 e. The van der Waals surface area contributed by atoms with Crippen molar-refractivity contribution in [3.63, 3.8) is 0 Å². The molecule has 0 spiro atoms. The lowest BCUT2D eigenvalue weighted by atomic mass is 9.97. The van der Waals surface area contributed by atoms with Crippen LogP contribution >= 0.6 is 0 Å². The Kier molecular flexibility index (Phi) is 5.00. The summed E-state index contributed by atoms with van der Waals surface area (Å²) in [5, 5.41) is 11.0. The van der Waals surface area contributed by atoms with Crippen molar-refractivity contribution in [3.05, 3.63) is 33.9 Å². The van der Waals surface area contributed by atoms with Crippen molar-refractivity contribution in [1.29, 1.82) is 0 Å². The third kappa shape index (κ3) is 3.55. The molecule has 1 saturated heterocycles. The fraction of sp³-hybridized carbons (Fsp3) is 0.562. The SMILES string of the molecule is Cc1ccc([N+](=O)[O-])c(OCC(=O)N2[C@H](C)CCC[C@@H]2C)c1. The van der Waals surface area contributed by atoms with Crippen molar-refractivity contribution in [2.24, 2.45) is 0 Å². The Morgan fingerprint density at radius 3 is 2.59 bits per heavy atom. The zero-order chi connectivity index (χ0) is 16.3. The van der Waals surface area contributed by atoms with Gasteiger partial charge in [-0.1, -0.05) is 6.07 Å². The van der Waals surface area contributed by atoms with E-state index < -0.39 is 4.92 Å². The minimum absolute atomic E-state index is 0.113. The summed E-state index contributed by atoms with van der Waals surface area (Å²) in [6.07, 6.45) is 3.09. The second kappa shape index (κ2) is 6.77. The monoisotopic (exact) mass is 306 g/mol. The molecule has 0 bridgehead atoms. The van der Waals surface area contributed by atoms with Crippen LogP contribution in [0.3, 0.4) is 0 Å². The number of amides is 1. The Morgan fingerprint density at radius 1 is 1.36 bits per heavy atom. The maximum atomic E-state index is 12.4. The Hall–Kier alpha value is -2.11. The fourth-order valence-electron chi connectivity index (χ4n) is 3.01. The highest BCUT2D eigenvalue weighted by atomic mass is 16.6. The topological polar surface area (TPSA) is 72.7 Å². The van der Waals surface area contributed by atoms with Gasteiger partial charge in [0.2, 0.25) is 0 Å². The molecular weight excluding hydrogens is 284 g/mol. The van der Waals surface area contributed by atoms with E-state index in [0.29, 0.717) is 0 Å². The van der Waals surface area contributed by atoms with Gasteiger partial charge in [-0.15, -0.1) is 0 Å². The molecule has 1 heterocycles. The van der Waals surface area contributed by atoms with Crippen molar-refractivity contribution in [2.45, 2.75) is 52.1 Å². The summed E-state index contributed by atoms with van der Waals surface area (Å²) in [7, 11) is 0. The van der Waals surface area contributed by atoms with Crippen molar-refractivity contribution >= 4 is 11.6 Å². The van der Waals surface area contributed by atoms with E-state index in [-0.39, 0.29) is 36.0 Å². The number of likely N-dealkylation sites (tertiary alicyclic amines) is 1. The number of carbonyl (C=O) groups excluding carboxylic acids is 1. The van der Waals surface area contributed by atoms with Gasteiger partial charge in [-0.2, -0.15) is 0 Å². The third-order valence-electron chi connectivity index (χ3n) is 4.14. The van der Waals surface area contributed by atoms with E-state index in [4.69, 9.17) is 4.74 Å². The van der Waals surface area contributed by atoms with Gasteiger partial charge in [-0.3, -0.25) is 14.9 Å². The van der Waals surface area contributed by atoms with Gasteiger partial charge in [0.25, 0.3) is 5.91 Å². The Labute approximate surface area is 130 Å². The number of hydrogen-bond acceptors (Lipinski definition) is 4. The molecule has 0 saturated carbocycles. The minimum Gasteiger partial charge on any atom is -0.477 e. The number of hydrogen-bond donors (Lipinski definition) is 0. The van der Waals surface area contributed by atoms with Crippen LogP contribution in [0.25, 0.3) is 0 Å². The van der Waals surface area contributed by atoms with E-state index in [1.54, 1.807) is 12.1 Å². The summed E-state index contributed by atoms with van der Waals surface area (Å²) in [4.78, 5) is 24.7. The summed E-state index contributed by atoms with van der Waals surface area (Å²) in [5.74, 6) is 0.0335. The van der Waals surface area contributed by atoms with Gasteiger partial charge in [-0.05, 0) is 51.7 Å². The van der Waals surface area contributed by atoms with Gasteiger partial charge >= 0.3 is 5.69 Å².